The van der Waals surface area contributed by atoms with Gasteiger partial charge in [0.2, 0.25) is 0 Å². The SMILES string of the molecule is Cc1ccc(O[C@H](C)C(=O)NCc2cccc(C(F)(F)F)c2)cc1. The largest absolute Gasteiger partial charge is 0.481 e. The molecule has 128 valence electrons. The van der Waals surface area contributed by atoms with E-state index in [1.807, 2.05) is 19.1 Å². The van der Waals surface area contributed by atoms with Gasteiger partial charge in [-0.25, -0.2) is 0 Å². The molecule has 0 saturated heterocycles. The van der Waals surface area contributed by atoms with Gasteiger partial charge in [-0.05, 0) is 43.7 Å². The highest BCUT2D eigenvalue weighted by molar-refractivity contribution is 5.80. The minimum Gasteiger partial charge on any atom is -0.481 e. The number of ether oxygens (including phenoxy) is 1. The number of benzene rings is 2. The predicted molar refractivity (Wildman–Crippen MR) is 84.6 cm³/mol. The summed E-state index contributed by atoms with van der Waals surface area (Å²) in [6.45, 7) is 3.53. The molecule has 0 aromatic heterocycles. The third-order valence-electron chi connectivity index (χ3n) is 3.42. The summed E-state index contributed by atoms with van der Waals surface area (Å²) >= 11 is 0. The third-order valence-corrected chi connectivity index (χ3v) is 3.42. The lowest BCUT2D eigenvalue weighted by atomic mass is 10.1. The lowest BCUT2D eigenvalue weighted by Gasteiger charge is -2.15. The molecule has 6 heteroatoms. The first-order valence-corrected chi connectivity index (χ1v) is 7.43. The first-order chi connectivity index (χ1) is 11.3. The van der Waals surface area contributed by atoms with Crippen LogP contribution in [0.3, 0.4) is 0 Å². The minimum atomic E-state index is -4.40. The highest BCUT2D eigenvalue weighted by Gasteiger charge is 2.30. The molecule has 0 fully saturated rings. The zero-order chi connectivity index (χ0) is 17.7. The van der Waals surface area contributed by atoms with Gasteiger partial charge >= 0.3 is 6.18 Å². The maximum absolute atomic E-state index is 12.7. The molecule has 1 amide bonds. The Kier molecular flexibility index (Phi) is 5.49. The van der Waals surface area contributed by atoms with Crippen molar-refractivity contribution in [2.45, 2.75) is 32.7 Å². The molecule has 3 nitrogen and oxygen atoms in total. The van der Waals surface area contributed by atoms with Crippen molar-refractivity contribution in [3.63, 3.8) is 0 Å². The summed E-state index contributed by atoms with van der Waals surface area (Å²) in [5.74, 6) is 0.162. The van der Waals surface area contributed by atoms with Gasteiger partial charge in [0.15, 0.2) is 6.10 Å². The van der Waals surface area contributed by atoms with Crippen LogP contribution in [-0.4, -0.2) is 12.0 Å². The third kappa shape index (κ3) is 5.01. The average molecular weight is 337 g/mol. The van der Waals surface area contributed by atoms with E-state index in [9.17, 15) is 18.0 Å². The number of alkyl halides is 3. The Morgan fingerprint density at radius 2 is 1.83 bits per heavy atom. The number of amides is 1. The van der Waals surface area contributed by atoms with Crippen LogP contribution in [0.15, 0.2) is 48.5 Å². The van der Waals surface area contributed by atoms with E-state index >= 15 is 0 Å². The summed E-state index contributed by atoms with van der Waals surface area (Å²) in [6, 6.07) is 12.1. The fourth-order valence-corrected chi connectivity index (χ4v) is 2.07. The first kappa shape index (κ1) is 17.8. The predicted octanol–water partition coefficient (Wildman–Crippen LogP) is 4.10. The van der Waals surface area contributed by atoms with E-state index < -0.39 is 23.8 Å². The summed E-state index contributed by atoms with van der Waals surface area (Å²) in [6.07, 6.45) is -5.15. The van der Waals surface area contributed by atoms with E-state index in [2.05, 4.69) is 5.32 Å². The molecule has 0 aliphatic carbocycles. The standard InChI is InChI=1S/C18H18F3NO2/c1-12-6-8-16(9-7-12)24-13(2)17(23)22-11-14-4-3-5-15(10-14)18(19,20)21/h3-10,13H,11H2,1-2H3,(H,22,23)/t13-/m1/s1. The number of rotatable bonds is 5. The molecule has 2 rings (SSSR count). The monoisotopic (exact) mass is 337 g/mol. The Morgan fingerprint density at radius 1 is 1.17 bits per heavy atom. The van der Waals surface area contributed by atoms with Crippen molar-refractivity contribution in [2.75, 3.05) is 0 Å². The molecule has 0 aliphatic heterocycles. The van der Waals surface area contributed by atoms with Crippen molar-refractivity contribution in [3.8, 4) is 5.75 Å². The van der Waals surface area contributed by atoms with Gasteiger partial charge in [0.05, 0.1) is 5.56 Å². The second-order valence-corrected chi connectivity index (χ2v) is 5.49. The molecule has 0 spiro atoms. The van der Waals surface area contributed by atoms with Crippen LogP contribution in [0.25, 0.3) is 0 Å². The normalized spacial score (nSPS) is 12.5. The van der Waals surface area contributed by atoms with E-state index in [0.29, 0.717) is 11.3 Å². The van der Waals surface area contributed by atoms with Crippen molar-refractivity contribution in [1.29, 1.82) is 0 Å². The fourth-order valence-electron chi connectivity index (χ4n) is 2.07. The average Bonchev–Trinajstić information content (AvgIpc) is 2.54. The van der Waals surface area contributed by atoms with Crippen molar-refractivity contribution >= 4 is 5.91 Å². The number of hydrogen-bond donors (Lipinski definition) is 1. The van der Waals surface area contributed by atoms with Crippen molar-refractivity contribution in [1.82, 2.24) is 5.32 Å². The molecule has 0 radical (unpaired) electrons. The number of nitrogens with one attached hydrogen (secondary N) is 1. The number of carbonyl (C=O) groups excluding carboxylic acids is 1. The number of aryl methyl sites for hydroxylation is 1. The molecule has 0 saturated carbocycles. The summed E-state index contributed by atoms with van der Waals surface area (Å²) in [5.41, 5.74) is 0.711. The zero-order valence-electron chi connectivity index (χ0n) is 13.4. The Morgan fingerprint density at radius 3 is 2.46 bits per heavy atom. The number of halogens is 3. The zero-order valence-corrected chi connectivity index (χ0v) is 13.4. The van der Waals surface area contributed by atoms with E-state index in [1.54, 1.807) is 19.1 Å². The van der Waals surface area contributed by atoms with Gasteiger partial charge in [-0.3, -0.25) is 4.79 Å². The highest BCUT2D eigenvalue weighted by Crippen LogP contribution is 2.29. The summed E-state index contributed by atoms with van der Waals surface area (Å²) in [4.78, 5) is 12.0. The molecule has 1 atom stereocenters. The van der Waals surface area contributed by atoms with E-state index in [-0.39, 0.29) is 6.54 Å². The molecule has 2 aromatic carbocycles. The van der Waals surface area contributed by atoms with Crippen LogP contribution in [-0.2, 0) is 17.5 Å². The lowest BCUT2D eigenvalue weighted by molar-refractivity contribution is -0.137. The van der Waals surface area contributed by atoms with Crippen LogP contribution in [0.1, 0.15) is 23.6 Å². The topological polar surface area (TPSA) is 38.3 Å². The van der Waals surface area contributed by atoms with Crippen LogP contribution in [0.4, 0.5) is 13.2 Å². The summed E-state index contributed by atoms with van der Waals surface area (Å²) < 4.78 is 43.5. The van der Waals surface area contributed by atoms with E-state index in [4.69, 9.17) is 4.74 Å². The smallest absolute Gasteiger partial charge is 0.416 e. The molecule has 2 aromatic rings. The Hall–Kier alpha value is -2.50. The van der Waals surface area contributed by atoms with Gasteiger partial charge in [0.1, 0.15) is 5.75 Å². The van der Waals surface area contributed by atoms with Gasteiger partial charge in [-0.15, -0.1) is 0 Å². The maximum atomic E-state index is 12.7. The van der Waals surface area contributed by atoms with Crippen molar-refractivity contribution < 1.29 is 22.7 Å². The molecule has 0 aliphatic rings. The van der Waals surface area contributed by atoms with Gasteiger partial charge in [0.25, 0.3) is 5.91 Å². The molecule has 0 bridgehead atoms. The Labute approximate surface area is 138 Å². The van der Waals surface area contributed by atoms with Crippen molar-refractivity contribution in [2.24, 2.45) is 0 Å². The van der Waals surface area contributed by atoms with Crippen LogP contribution >= 0.6 is 0 Å². The number of hydrogen-bond acceptors (Lipinski definition) is 2. The quantitative estimate of drug-likeness (QED) is 0.892. The van der Waals surface area contributed by atoms with Crippen molar-refractivity contribution in [3.05, 3.63) is 65.2 Å². The molecule has 24 heavy (non-hydrogen) atoms. The maximum Gasteiger partial charge on any atom is 0.416 e. The van der Waals surface area contributed by atoms with E-state index in [1.165, 1.54) is 12.1 Å². The van der Waals surface area contributed by atoms with Crippen LogP contribution in [0.2, 0.25) is 0 Å². The van der Waals surface area contributed by atoms with Crippen LogP contribution < -0.4 is 10.1 Å². The van der Waals surface area contributed by atoms with Gasteiger partial charge in [0, 0.05) is 6.54 Å². The Bertz CT molecular complexity index is 696. The second-order valence-electron chi connectivity index (χ2n) is 5.49. The number of carbonyl (C=O) groups is 1. The van der Waals surface area contributed by atoms with Crippen LogP contribution in [0.5, 0.6) is 5.75 Å². The Balaban J connectivity index is 1.91. The molecular weight excluding hydrogens is 319 g/mol. The van der Waals surface area contributed by atoms with Gasteiger partial charge < -0.3 is 10.1 Å². The molecule has 1 N–H and O–H groups in total. The van der Waals surface area contributed by atoms with Gasteiger partial charge in [-0.1, -0.05) is 29.8 Å². The minimum absolute atomic E-state index is 0.00432. The molecule has 0 unspecified atom stereocenters. The van der Waals surface area contributed by atoms with Gasteiger partial charge in [-0.2, -0.15) is 13.2 Å². The summed E-state index contributed by atoms with van der Waals surface area (Å²) in [5, 5.41) is 2.58. The van der Waals surface area contributed by atoms with Crippen LogP contribution in [0, 0.1) is 6.92 Å². The molecular formula is C18H18F3NO2. The molecule has 0 heterocycles. The van der Waals surface area contributed by atoms with E-state index in [0.717, 1.165) is 17.7 Å². The second kappa shape index (κ2) is 7.38. The summed E-state index contributed by atoms with van der Waals surface area (Å²) in [7, 11) is 0. The fraction of sp³-hybridized carbons (Fsp3) is 0.278. The highest BCUT2D eigenvalue weighted by atomic mass is 19.4. The lowest BCUT2D eigenvalue weighted by Crippen LogP contribution is -2.35. The first-order valence-electron chi connectivity index (χ1n) is 7.43.